The van der Waals surface area contributed by atoms with Crippen molar-refractivity contribution in [2.45, 2.75) is 32.9 Å². The van der Waals surface area contributed by atoms with Crippen LogP contribution in [0.1, 0.15) is 19.5 Å². The summed E-state index contributed by atoms with van der Waals surface area (Å²) in [7, 11) is 0. The summed E-state index contributed by atoms with van der Waals surface area (Å²) in [6.45, 7) is 10.4. The zero-order chi connectivity index (χ0) is 24.4. The Hall–Kier alpha value is -4.08. The van der Waals surface area contributed by atoms with Crippen molar-refractivity contribution in [2.75, 3.05) is 23.7 Å². The highest BCUT2D eigenvalue weighted by molar-refractivity contribution is 5.88. The topological polar surface area (TPSA) is 110 Å². The SMILES string of the molecule is C=CC(=O)N1[C@H](C)CN(c2ncnc(N)c2-c2ccc(Oc3nccc(C)n3)c(F)c2)C[C@H]1C. The first kappa shape index (κ1) is 23.1. The van der Waals surface area contributed by atoms with Crippen molar-refractivity contribution >= 4 is 17.5 Å². The summed E-state index contributed by atoms with van der Waals surface area (Å²) in [5.41, 5.74) is 7.96. The smallest absolute Gasteiger partial charge is 0.322 e. The van der Waals surface area contributed by atoms with Gasteiger partial charge < -0.3 is 20.3 Å². The molecule has 0 radical (unpaired) electrons. The summed E-state index contributed by atoms with van der Waals surface area (Å²) in [5.74, 6) is 0.0827. The number of amides is 1. The van der Waals surface area contributed by atoms with Gasteiger partial charge in [-0.1, -0.05) is 12.6 Å². The number of ether oxygens (including phenoxy) is 1. The number of aromatic nitrogens is 4. The Morgan fingerprint density at radius 1 is 1.21 bits per heavy atom. The zero-order valence-corrected chi connectivity index (χ0v) is 19.3. The van der Waals surface area contributed by atoms with E-state index in [4.69, 9.17) is 10.5 Å². The molecule has 34 heavy (non-hydrogen) atoms. The van der Waals surface area contributed by atoms with Crippen molar-refractivity contribution < 1.29 is 13.9 Å². The predicted molar refractivity (Wildman–Crippen MR) is 127 cm³/mol. The number of hydrogen-bond acceptors (Lipinski definition) is 8. The molecule has 0 saturated carbocycles. The molecule has 3 aromatic rings. The summed E-state index contributed by atoms with van der Waals surface area (Å²) < 4.78 is 20.5. The summed E-state index contributed by atoms with van der Waals surface area (Å²) in [6, 6.07) is 6.13. The molecule has 9 nitrogen and oxygen atoms in total. The number of nitrogens with two attached hydrogens (primary N) is 1. The fourth-order valence-corrected chi connectivity index (χ4v) is 4.25. The molecule has 10 heteroatoms. The summed E-state index contributed by atoms with van der Waals surface area (Å²) in [5, 5.41) is 0. The Labute approximate surface area is 197 Å². The number of hydrogen-bond donors (Lipinski definition) is 1. The normalized spacial score (nSPS) is 18.0. The average molecular weight is 464 g/mol. The summed E-state index contributed by atoms with van der Waals surface area (Å²) in [4.78, 5) is 32.8. The third-order valence-electron chi connectivity index (χ3n) is 5.70. The molecule has 2 N–H and O–H groups in total. The van der Waals surface area contributed by atoms with Gasteiger partial charge in [-0.2, -0.15) is 0 Å². The van der Waals surface area contributed by atoms with Gasteiger partial charge in [-0.3, -0.25) is 4.79 Å². The van der Waals surface area contributed by atoms with Crippen molar-refractivity contribution in [3.05, 3.63) is 61.0 Å². The summed E-state index contributed by atoms with van der Waals surface area (Å²) in [6.07, 6.45) is 4.25. The number of nitrogen functional groups attached to an aromatic ring is 1. The van der Waals surface area contributed by atoms with Crippen molar-refractivity contribution in [1.29, 1.82) is 0 Å². The second kappa shape index (κ2) is 9.42. The standard InChI is InChI=1S/C24H26FN7O2/c1-5-20(33)32-15(3)11-31(12-16(32)4)23-21(22(26)28-13-29-23)17-6-7-19(18(25)10-17)34-24-27-9-8-14(2)30-24/h5-10,13,15-16H,1,11-12H2,2-4H3,(H2,26,28,29)/t15-,16-/m1/s1. The second-order valence-electron chi connectivity index (χ2n) is 8.24. The first-order valence-electron chi connectivity index (χ1n) is 10.9. The van der Waals surface area contributed by atoms with Crippen LogP contribution in [0.4, 0.5) is 16.0 Å². The van der Waals surface area contributed by atoms with E-state index in [9.17, 15) is 4.79 Å². The van der Waals surface area contributed by atoms with E-state index in [0.717, 1.165) is 0 Å². The maximum Gasteiger partial charge on any atom is 0.322 e. The Balaban J connectivity index is 1.65. The van der Waals surface area contributed by atoms with Crippen LogP contribution in [0.5, 0.6) is 11.8 Å². The van der Waals surface area contributed by atoms with Gasteiger partial charge in [0.15, 0.2) is 11.6 Å². The number of halogens is 1. The van der Waals surface area contributed by atoms with E-state index in [0.29, 0.717) is 35.7 Å². The van der Waals surface area contributed by atoms with Crippen molar-refractivity contribution in [3.8, 4) is 22.9 Å². The molecule has 1 aliphatic heterocycles. The number of piperazine rings is 1. The fourth-order valence-electron chi connectivity index (χ4n) is 4.25. The number of anilines is 2. The third-order valence-corrected chi connectivity index (χ3v) is 5.70. The van der Waals surface area contributed by atoms with E-state index in [1.165, 1.54) is 24.5 Å². The first-order valence-corrected chi connectivity index (χ1v) is 10.9. The molecule has 176 valence electrons. The minimum Gasteiger partial charge on any atom is -0.421 e. The molecule has 0 spiro atoms. The van der Waals surface area contributed by atoms with Gasteiger partial charge in [0.25, 0.3) is 0 Å². The van der Waals surface area contributed by atoms with Crippen LogP contribution in [-0.4, -0.2) is 55.9 Å². The maximum atomic E-state index is 15.0. The van der Waals surface area contributed by atoms with Gasteiger partial charge in [-0.05, 0) is 50.6 Å². The quantitative estimate of drug-likeness (QED) is 0.574. The molecule has 2 atom stereocenters. The lowest BCUT2D eigenvalue weighted by Gasteiger charge is -2.45. The Morgan fingerprint density at radius 3 is 2.59 bits per heavy atom. The van der Waals surface area contributed by atoms with Gasteiger partial charge in [0.1, 0.15) is 18.0 Å². The van der Waals surface area contributed by atoms with Crippen LogP contribution in [0.3, 0.4) is 0 Å². The van der Waals surface area contributed by atoms with Crippen molar-refractivity contribution in [1.82, 2.24) is 24.8 Å². The minimum atomic E-state index is -0.597. The van der Waals surface area contributed by atoms with Gasteiger partial charge in [-0.15, -0.1) is 0 Å². The van der Waals surface area contributed by atoms with E-state index in [-0.39, 0.29) is 35.6 Å². The predicted octanol–water partition coefficient (Wildman–Crippen LogP) is 3.37. The summed E-state index contributed by atoms with van der Waals surface area (Å²) >= 11 is 0. The highest BCUT2D eigenvalue weighted by Gasteiger charge is 2.33. The second-order valence-corrected chi connectivity index (χ2v) is 8.24. The van der Waals surface area contributed by atoms with E-state index in [1.807, 2.05) is 18.7 Å². The number of carbonyl (C=O) groups is 1. The van der Waals surface area contributed by atoms with E-state index in [1.54, 1.807) is 30.2 Å². The number of aryl methyl sites for hydroxylation is 1. The van der Waals surface area contributed by atoms with Crippen LogP contribution < -0.4 is 15.4 Å². The van der Waals surface area contributed by atoms with Gasteiger partial charge in [-0.25, -0.2) is 24.3 Å². The average Bonchev–Trinajstić information content (AvgIpc) is 2.79. The highest BCUT2D eigenvalue weighted by Crippen LogP contribution is 2.37. The number of rotatable bonds is 5. The molecule has 1 amide bonds. The molecule has 4 rings (SSSR count). The molecular weight excluding hydrogens is 437 g/mol. The molecule has 1 aromatic carbocycles. The van der Waals surface area contributed by atoms with E-state index < -0.39 is 5.82 Å². The molecule has 0 unspecified atom stereocenters. The molecule has 3 heterocycles. The fraction of sp³-hybridized carbons (Fsp3) is 0.292. The van der Waals surface area contributed by atoms with Crippen LogP contribution in [-0.2, 0) is 4.79 Å². The molecular formula is C24H26FN7O2. The van der Waals surface area contributed by atoms with Crippen LogP contribution in [0, 0.1) is 12.7 Å². The van der Waals surface area contributed by atoms with E-state index in [2.05, 4.69) is 26.5 Å². The molecule has 1 fully saturated rings. The highest BCUT2D eigenvalue weighted by atomic mass is 19.1. The van der Waals surface area contributed by atoms with Gasteiger partial charge in [0, 0.05) is 37.1 Å². The van der Waals surface area contributed by atoms with Crippen LogP contribution >= 0.6 is 0 Å². The van der Waals surface area contributed by atoms with Crippen molar-refractivity contribution in [3.63, 3.8) is 0 Å². The van der Waals surface area contributed by atoms with E-state index >= 15 is 4.39 Å². The van der Waals surface area contributed by atoms with Gasteiger partial charge in [0.05, 0.1) is 5.56 Å². The monoisotopic (exact) mass is 463 g/mol. The maximum absolute atomic E-state index is 15.0. The first-order chi connectivity index (χ1) is 16.3. The molecule has 1 saturated heterocycles. The van der Waals surface area contributed by atoms with Crippen LogP contribution in [0.15, 0.2) is 49.4 Å². The molecule has 0 aliphatic carbocycles. The zero-order valence-electron chi connectivity index (χ0n) is 19.3. The Morgan fingerprint density at radius 2 is 1.94 bits per heavy atom. The molecule has 2 aromatic heterocycles. The van der Waals surface area contributed by atoms with Crippen molar-refractivity contribution in [2.24, 2.45) is 0 Å². The Kier molecular flexibility index (Phi) is 6.40. The number of benzene rings is 1. The largest absolute Gasteiger partial charge is 0.421 e. The van der Waals surface area contributed by atoms with Crippen LogP contribution in [0.25, 0.3) is 11.1 Å². The number of nitrogens with zero attached hydrogens (tertiary/aromatic N) is 6. The van der Waals surface area contributed by atoms with Gasteiger partial charge >= 0.3 is 6.01 Å². The van der Waals surface area contributed by atoms with Gasteiger partial charge in [0.2, 0.25) is 5.91 Å². The minimum absolute atomic E-state index is 0.00915. The van der Waals surface area contributed by atoms with Crippen LogP contribution in [0.2, 0.25) is 0 Å². The molecule has 1 aliphatic rings. The molecule has 0 bridgehead atoms. The number of carbonyl (C=O) groups excluding carboxylic acids is 1. The lowest BCUT2D eigenvalue weighted by molar-refractivity contribution is -0.130. The third kappa shape index (κ3) is 4.52. The lowest BCUT2D eigenvalue weighted by Crippen LogP contribution is -2.58. The Bertz CT molecular complexity index is 1220. The lowest BCUT2D eigenvalue weighted by atomic mass is 10.0.